The van der Waals surface area contributed by atoms with Gasteiger partial charge >= 0.3 is 5.97 Å². The van der Waals surface area contributed by atoms with Crippen molar-refractivity contribution in [2.24, 2.45) is 0 Å². The number of allylic oxidation sites excluding steroid dienone is 1. The number of ether oxygens (including phenoxy) is 2. The Morgan fingerprint density at radius 2 is 2.06 bits per heavy atom. The molecule has 1 aliphatic heterocycles. The second kappa shape index (κ2) is 9.15. The lowest BCUT2D eigenvalue weighted by Gasteiger charge is -2.17. The molecule has 1 aliphatic rings. The number of aliphatic carboxylic acids is 1. The number of carbonyl (C=O) groups is 3. The van der Waals surface area contributed by atoms with Crippen LogP contribution in [0.3, 0.4) is 0 Å². The van der Waals surface area contributed by atoms with E-state index in [9.17, 15) is 23.9 Å². The topological polar surface area (TPSA) is 122 Å². The van der Waals surface area contributed by atoms with Gasteiger partial charge in [0.15, 0.2) is 18.4 Å². The van der Waals surface area contributed by atoms with Gasteiger partial charge in [-0.05, 0) is 37.3 Å². The van der Waals surface area contributed by atoms with Gasteiger partial charge in [-0.25, -0.2) is 9.18 Å². The number of hydrogen-bond donors (Lipinski definition) is 3. The number of hydrogen-bond acceptors (Lipinski definition) is 6. The largest absolute Gasteiger partial charge is 0.484 e. The van der Waals surface area contributed by atoms with E-state index in [0.29, 0.717) is 0 Å². The number of carboxylic acids is 1. The van der Waals surface area contributed by atoms with E-state index in [0.717, 1.165) is 0 Å². The molecule has 2 aromatic rings. The van der Waals surface area contributed by atoms with Gasteiger partial charge in [0, 0.05) is 11.6 Å². The van der Waals surface area contributed by atoms with Crippen molar-refractivity contribution in [3.63, 3.8) is 0 Å². The Labute approximate surface area is 180 Å². The summed E-state index contributed by atoms with van der Waals surface area (Å²) in [5, 5.41) is 20.6. The Bertz CT molecular complexity index is 1060. The van der Waals surface area contributed by atoms with Crippen LogP contribution in [0.1, 0.15) is 22.8 Å². The normalized spacial score (nSPS) is 15.7. The Morgan fingerprint density at radius 3 is 2.71 bits per heavy atom. The lowest BCUT2D eigenvalue weighted by Crippen LogP contribution is -2.49. The highest BCUT2D eigenvalue weighted by Crippen LogP contribution is 2.35. The molecule has 0 aliphatic carbocycles. The number of fused-ring (bicyclic) bond motifs is 1. The quantitative estimate of drug-likeness (QED) is 0.555. The number of aliphatic hydroxyl groups excluding tert-OH is 1. The summed E-state index contributed by atoms with van der Waals surface area (Å²) in [6, 6.07) is 6.86. The van der Waals surface area contributed by atoms with E-state index in [1.54, 1.807) is 0 Å². The van der Waals surface area contributed by atoms with Crippen LogP contribution in [0.2, 0.25) is 5.02 Å². The molecule has 1 amide bonds. The zero-order chi connectivity index (χ0) is 22.7. The first kappa shape index (κ1) is 22.3. The SMILES string of the molecule is CC(O)C(NC(=O)COc1ccc2c(c1)OC(=Cc1c(F)cccc1Cl)C2=O)C(=O)O. The van der Waals surface area contributed by atoms with Gasteiger partial charge in [-0.15, -0.1) is 0 Å². The van der Waals surface area contributed by atoms with E-state index in [4.69, 9.17) is 26.2 Å². The summed E-state index contributed by atoms with van der Waals surface area (Å²) in [5.74, 6) is -3.04. The molecule has 162 valence electrons. The Balaban J connectivity index is 1.70. The number of nitrogens with one attached hydrogen (secondary N) is 1. The van der Waals surface area contributed by atoms with Crippen LogP contribution >= 0.6 is 11.6 Å². The van der Waals surface area contributed by atoms with Gasteiger partial charge in [-0.1, -0.05) is 17.7 Å². The van der Waals surface area contributed by atoms with Gasteiger partial charge in [-0.2, -0.15) is 0 Å². The fourth-order valence-corrected chi connectivity index (χ4v) is 3.01. The number of aliphatic hydroxyl groups is 1. The van der Waals surface area contributed by atoms with Crippen LogP contribution in [0, 0.1) is 5.82 Å². The smallest absolute Gasteiger partial charge is 0.328 e. The minimum atomic E-state index is -1.48. The van der Waals surface area contributed by atoms with Gasteiger partial charge in [0.2, 0.25) is 5.78 Å². The number of carboxylic acid groups (broad SMARTS) is 1. The Hall–Kier alpha value is -3.43. The van der Waals surface area contributed by atoms with Crippen LogP contribution < -0.4 is 14.8 Å². The molecule has 0 fully saturated rings. The molecule has 0 bridgehead atoms. The molecule has 0 aromatic heterocycles. The fourth-order valence-electron chi connectivity index (χ4n) is 2.79. The summed E-state index contributed by atoms with van der Waals surface area (Å²) in [4.78, 5) is 35.4. The van der Waals surface area contributed by atoms with Crippen LogP contribution in [0.5, 0.6) is 11.5 Å². The molecule has 2 unspecified atom stereocenters. The summed E-state index contributed by atoms with van der Waals surface area (Å²) >= 11 is 5.98. The van der Waals surface area contributed by atoms with Crippen molar-refractivity contribution in [1.82, 2.24) is 5.32 Å². The maximum Gasteiger partial charge on any atom is 0.328 e. The third-order valence-electron chi connectivity index (χ3n) is 4.35. The number of halogens is 2. The number of carbonyl (C=O) groups excluding carboxylic acids is 2. The molecule has 2 atom stereocenters. The fraction of sp³-hybridized carbons (Fsp3) is 0.190. The van der Waals surface area contributed by atoms with Crippen LogP contribution in [0.25, 0.3) is 6.08 Å². The number of Topliss-reactive ketones (excluding diaryl/α,β-unsaturated/α-hetero) is 1. The summed E-state index contributed by atoms with van der Waals surface area (Å²) in [6.45, 7) is 0.700. The molecule has 8 nitrogen and oxygen atoms in total. The van der Waals surface area contributed by atoms with Gasteiger partial charge < -0.3 is 25.0 Å². The highest BCUT2D eigenvalue weighted by atomic mass is 35.5. The van der Waals surface area contributed by atoms with Crippen molar-refractivity contribution in [2.75, 3.05) is 6.61 Å². The van der Waals surface area contributed by atoms with Crippen LogP contribution in [-0.2, 0) is 9.59 Å². The minimum absolute atomic E-state index is 0.0135. The maximum atomic E-state index is 14.0. The van der Waals surface area contributed by atoms with Crippen LogP contribution in [0.4, 0.5) is 4.39 Å². The van der Waals surface area contributed by atoms with Gasteiger partial charge in [0.25, 0.3) is 5.91 Å². The number of amides is 1. The zero-order valence-corrected chi connectivity index (χ0v) is 16.9. The summed E-state index contributed by atoms with van der Waals surface area (Å²) < 4.78 is 24.8. The Kier molecular flexibility index (Phi) is 6.57. The third kappa shape index (κ3) is 5.01. The average Bonchev–Trinajstić information content (AvgIpc) is 3.02. The van der Waals surface area contributed by atoms with Crippen molar-refractivity contribution >= 4 is 35.3 Å². The molecular weight excluding hydrogens is 433 g/mol. The number of ketones is 1. The molecule has 31 heavy (non-hydrogen) atoms. The molecule has 0 spiro atoms. The van der Waals surface area contributed by atoms with Gasteiger partial charge in [0.1, 0.15) is 17.3 Å². The number of rotatable bonds is 7. The first-order valence-electron chi connectivity index (χ1n) is 9.02. The standard InChI is InChI=1S/C21H17ClFNO7/c1-10(25)19(21(28)29)24-18(26)9-30-11-5-6-12-16(7-11)31-17(20(12)27)8-13-14(22)3-2-4-15(13)23/h2-8,10,19,25H,9H2,1H3,(H,24,26)(H,28,29). The minimum Gasteiger partial charge on any atom is -0.484 e. The molecule has 0 radical (unpaired) electrons. The van der Waals surface area contributed by atoms with Crippen molar-refractivity contribution in [3.05, 3.63) is 64.1 Å². The van der Waals surface area contributed by atoms with Crippen molar-refractivity contribution in [1.29, 1.82) is 0 Å². The molecule has 2 aromatic carbocycles. The highest BCUT2D eigenvalue weighted by molar-refractivity contribution is 6.32. The van der Waals surface area contributed by atoms with Crippen molar-refractivity contribution in [2.45, 2.75) is 19.1 Å². The van der Waals surface area contributed by atoms with Crippen molar-refractivity contribution < 1.29 is 38.5 Å². The van der Waals surface area contributed by atoms with E-state index in [1.165, 1.54) is 49.4 Å². The van der Waals surface area contributed by atoms with Crippen LogP contribution in [0.15, 0.2) is 42.2 Å². The van der Waals surface area contributed by atoms with E-state index in [-0.39, 0.29) is 33.4 Å². The second-order valence-electron chi connectivity index (χ2n) is 6.65. The van der Waals surface area contributed by atoms with E-state index >= 15 is 0 Å². The predicted octanol–water partition coefficient (Wildman–Crippen LogP) is 2.42. The van der Waals surface area contributed by atoms with E-state index < -0.39 is 42.2 Å². The van der Waals surface area contributed by atoms with Crippen molar-refractivity contribution in [3.8, 4) is 11.5 Å². The molecule has 3 rings (SSSR count). The molecule has 0 saturated heterocycles. The molecule has 1 heterocycles. The lowest BCUT2D eigenvalue weighted by molar-refractivity contribution is -0.145. The predicted molar refractivity (Wildman–Crippen MR) is 108 cm³/mol. The first-order valence-corrected chi connectivity index (χ1v) is 9.40. The molecule has 3 N–H and O–H groups in total. The average molecular weight is 450 g/mol. The molecule has 10 heteroatoms. The number of benzene rings is 2. The molecule has 0 saturated carbocycles. The van der Waals surface area contributed by atoms with E-state index in [2.05, 4.69) is 5.32 Å². The zero-order valence-electron chi connectivity index (χ0n) is 16.1. The Morgan fingerprint density at radius 1 is 1.32 bits per heavy atom. The van der Waals surface area contributed by atoms with Gasteiger partial charge in [-0.3, -0.25) is 9.59 Å². The lowest BCUT2D eigenvalue weighted by atomic mass is 10.1. The summed E-state index contributed by atoms with van der Waals surface area (Å²) in [5.41, 5.74) is 0.232. The summed E-state index contributed by atoms with van der Waals surface area (Å²) in [7, 11) is 0. The van der Waals surface area contributed by atoms with Gasteiger partial charge in [0.05, 0.1) is 16.7 Å². The molecular formula is C21H17ClFNO7. The second-order valence-corrected chi connectivity index (χ2v) is 7.05. The third-order valence-corrected chi connectivity index (χ3v) is 4.68. The van der Waals surface area contributed by atoms with E-state index in [1.807, 2.05) is 0 Å². The maximum absolute atomic E-state index is 14.0. The highest BCUT2D eigenvalue weighted by Gasteiger charge is 2.29. The van der Waals surface area contributed by atoms with Crippen LogP contribution in [-0.4, -0.2) is 46.6 Å². The monoisotopic (exact) mass is 449 g/mol. The first-order chi connectivity index (χ1) is 14.7. The summed E-state index contributed by atoms with van der Waals surface area (Å²) in [6.07, 6.45) is -0.0928.